The normalized spacial score (nSPS) is 24.8. The number of fused-ring (bicyclic) bond motifs is 4. The highest BCUT2D eigenvalue weighted by Crippen LogP contribution is 2.43. The Balaban J connectivity index is 1.23. The Morgan fingerprint density at radius 3 is 2.52 bits per heavy atom. The van der Waals surface area contributed by atoms with Gasteiger partial charge in [0, 0.05) is 23.2 Å². The number of nitrogens with zero attached hydrogens (tertiary/aromatic N) is 5. The van der Waals surface area contributed by atoms with Crippen LogP contribution in [0.3, 0.4) is 0 Å². The molecule has 4 aromatic rings. The number of aromatic nitrogens is 4. The van der Waals surface area contributed by atoms with Crippen LogP contribution in [-0.2, 0) is 15.8 Å². The standard InChI is InChI=1S/C31H35N7O4/c1-30(2)26-20(28(40)41-30)8-9-24(35-26)34-25-16-22(33-23(18-39)19-6-4-3-5-7-19)21(17-32-25)27-36-29(37-42-27)31-10-13-38(14-11-31)15-12-31/h3-9,16-17,23,28,39-40H,10-15,18H2,1-2H3,(H2,32,33,34,35)/t23-,28?/m1/s1. The van der Waals surface area contributed by atoms with Crippen LogP contribution in [0.25, 0.3) is 11.5 Å². The van der Waals surface area contributed by atoms with Crippen molar-refractivity contribution in [2.45, 2.75) is 56.5 Å². The van der Waals surface area contributed by atoms with E-state index in [1.54, 1.807) is 12.3 Å². The summed E-state index contributed by atoms with van der Waals surface area (Å²) in [7, 11) is 0. The molecule has 8 rings (SSSR count). The van der Waals surface area contributed by atoms with Gasteiger partial charge in [-0.3, -0.25) is 0 Å². The lowest BCUT2D eigenvalue weighted by Gasteiger charge is -2.46. The van der Waals surface area contributed by atoms with Crippen LogP contribution in [0.15, 0.2) is 59.3 Å². The van der Waals surface area contributed by atoms with E-state index in [0.717, 1.165) is 50.3 Å². The Morgan fingerprint density at radius 1 is 1.02 bits per heavy atom. The molecule has 7 heterocycles. The van der Waals surface area contributed by atoms with E-state index in [1.165, 1.54) is 0 Å². The van der Waals surface area contributed by atoms with Gasteiger partial charge < -0.3 is 35.0 Å². The van der Waals surface area contributed by atoms with Crippen LogP contribution in [0.1, 0.15) is 68.1 Å². The molecule has 11 heteroatoms. The van der Waals surface area contributed by atoms with Gasteiger partial charge in [-0.15, -0.1) is 0 Å². The van der Waals surface area contributed by atoms with Crippen molar-refractivity contribution in [1.82, 2.24) is 25.0 Å². The summed E-state index contributed by atoms with van der Waals surface area (Å²) in [6.07, 6.45) is 3.80. The number of nitrogens with one attached hydrogen (secondary N) is 2. The van der Waals surface area contributed by atoms with Gasteiger partial charge >= 0.3 is 0 Å². The van der Waals surface area contributed by atoms with Crippen molar-refractivity contribution in [2.75, 3.05) is 36.9 Å². The van der Waals surface area contributed by atoms with Gasteiger partial charge in [0.05, 0.1) is 29.6 Å². The maximum absolute atomic E-state index is 10.3. The van der Waals surface area contributed by atoms with Crippen molar-refractivity contribution in [1.29, 1.82) is 0 Å². The molecule has 4 aliphatic heterocycles. The van der Waals surface area contributed by atoms with Crippen LogP contribution in [0.4, 0.5) is 17.3 Å². The summed E-state index contributed by atoms with van der Waals surface area (Å²) in [6.45, 7) is 6.82. The minimum atomic E-state index is -1.00. The zero-order chi connectivity index (χ0) is 28.9. The van der Waals surface area contributed by atoms with Crippen LogP contribution in [0.5, 0.6) is 0 Å². The van der Waals surface area contributed by atoms with Gasteiger partial charge in [-0.2, -0.15) is 4.98 Å². The number of pyridine rings is 2. The maximum atomic E-state index is 10.3. The first-order valence-corrected chi connectivity index (χ1v) is 14.5. The van der Waals surface area contributed by atoms with Crippen LogP contribution in [-0.4, -0.2) is 61.5 Å². The quantitative estimate of drug-likeness (QED) is 0.240. The van der Waals surface area contributed by atoms with Crippen LogP contribution < -0.4 is 10.6 Å². The number of aliphatic hydroxyl groups excluding tert-OH is 2. The van der Waals surface area contributed by atoms with E-state index in [2.05, 4.69) is 25.7 Å². The fraction of sp³-hybridized carbons (Fsp3) is 0.419. The molecule has 3 fully saturated rings. The molecule has 11 nitrogen and oxygen atoms in total. The van der Waals surface area contributed by atoms with Gasteiger partial charge in [0.2, 0.25) is 0 Å². The third-order valence-electron chi connectivity index (χ3n) is 8.89. The van der Waals surface area contributed by atoms with Crippen molar-refractivity contribution in [2.24, 2.45) is 0 Å². The molecule has 1 unspecified atom stereocenters. The number of aliphatic hydroxyl groups is 2. The molecule has 4 aliphatic rings. The van der Waals surface area contributed by atoms with E-state index in [0.29, 0.717) is 40.0 Å². The Hall–Kier alpha value is -3.90. The Bertz CT molecular complexity index is 1570. The second kappa shape index (κ2) is 10.4. The van der Waals surface area contributed by atoms with Gasteiger partial charge in [0.1, 0.15) is 17.2 Å². The van der Waals surface area contributed by atoms with Gasteiger partial charge in [0.25, 0.3) is 5.89 Å². The molecule has 0 aliphatic carbocycles. The van der Waals surface area contributed by atoms with E-state index in [1.807, 2.05) is 56.3 Å². The number of hydrogen-bond acceptors (Lipinski definition) is 11. The lowest BCUT2D eigenvalue weighted by atomic mass is 9.71. The molecule has 4 N–H and O–H groups in total. The van der Waals surface area contributed by atoms with Crippen molar-refractivity contribution in [3.8, 4) is 11.5 Å². The fourth-order valence-corrected chi connectivity index (χ4v) is 6.38. The summed E-state index contributed by atoms with van der Waals surface area (Å²) in [5.41, 5.74) is 2.84. The van der Waals surface area contributed by atoms with Crippen molar-refractivity contribution in [3.63, 3.8) is 0 Å². The van der Waals surface area contributed by atoms with Crippen molar-refractivity contribution >= 4 is 17.3 Å². The third kappa shape index (κ3) is 4.82. The minimum Gasteiger partial charge on any atom is -0.394 e. The van der Waals surface area contributed by atoms with Crippen LogP contribution in [0.2, 0.25) is 0 Å². The lowest BCUT2D eigenvalue weighted by molar-refractivity contribution is -0.158. The van der Waals surface area contributed by atoms with Crippen LogP contribution >= 0.6 is 0 Å². The first-order valence-electron chi connectivity index (χ1n) is 14.5. The van der Waals surface area contributed by atoms with E-state index in [-0.39, 0.29) is 18.1 Å². The molecule has 0 spiro atoms. The van der Waals surface area contributed by atoms with Gasteiger partial charge in [-0.05, 0) is 70.4 Å². The first-order chi connectivity index (χ1) is 20.3. The highest BCUT2D eigenvalue weighted by molar-refractivity contribution is 5.75. The zero-order valence-corrected chi connectivity index (χ0v) is 23.7. The highest BCUT2D eigenvalue weighted by Gasteiger charge is 2.44. The largest absolute Gasteiger partial charge is 0.394 e. The molecule has 218 valence electrons. The topological polar surface area (TPSA) is 142 Å². The van der Waals surface area contributed by atoms with Gasteiger partial charge in [-0.1, -0.05) is 35.5 Å². The maximum Gasteiger partial charge on any atom is 0.261 e. The Kier molecular flexibility index (Phi) is 6.69. The van der Waals surface area contributed by atoms with Crippen LogP contribution in [0, 0.1) is 0 Å². The number of benzene rings is 1. The van der Waals surface area contributed by atoms with Gasteiger partial charge in [0.15, 0.2) is 12.1 Å². The molecule has 3 saturated heterocycles. The Morgan fingerprint density at radius 2 is 1.79 bits per heavy atom. The number of anilines is 3. The molecular weight excluding hydrogens is 534 g/mol. The van der Waals surface area contributed by atoms with Gasteiger partial charge in [-0.25, -0.2) is 9.97 Å². The van der Waals surface area contributed by atoms with E-state index < -0.39 is 11.9 Å². The molecule has 0 amide bonds. The minimum absolute atomic E-state index is 0.0407. The number of hydrogen-bond donors (Lipinski definition) is 4. The highest BCUT2D eigenvalue weighted by atomic mass is 16.6. The van der Waals surface area contributed by atoms with E-state index >= 15 is 0 Å². The zero-order valence-electron chi connectivity index (χ0n) is 23.7. The summed E-state index contributed by atoms with van der Waals surface area (Å²) in [5.74, 6) is 2.26. The van der Waals surface area contributed by atoms with E-state index in [9.17, 15) is 10.2 Å². The third-order valence-corrected chi connectivity index (χ3v) is 8.89. The molecule has 0 saturated carbocycles. The van der Waals surface area contributed by atoms with Crippen molar-refractivity contribution in [3.05, 3.63) is 77.4 Å². The number of piperidine rings is 3. The fourth-order valence-electron chi connectivity index (χ4n) is 6.38. The average molecular weight is 570 g/mol. The molecule has 2 atom stereocenters. The average Bonchev–Trinajstić information content (AvgIpc) is 3.60. The smallest absolute Gasteiger partial charge is 0.261 e. The Labute approximate surface area is 244 Å². The second-order valence-electron chi connectivity index (χ2n) is 11.9. The van der Waals surface area contributed by atoms with E-state index in [4.69, 9.17) is 19.2 Å². The number of ether oxygens (including phenoxy) is 1. The molecule has 42 heavy (non-hydrogen) atoms. The van der Waals surface area contributed by atoms with Crippen molar-refractivity contribution < 1.29 is 19.5 Å². The molecule has 2 bridgehead atoms. The summed E-state index contributed by atoms with van der Waals surface area (Å²) < 4.78 is 11.5. The molecule has 1 aromatic carbocycles. The molecule has 3 aromatic heterocycles. The lowest BCUT2D eigenvalue weighted by Crippen LogP contribution is -2.51. The molecular formula is C31H35N7O4. The summed E-state index contributed by atoms with van der Waals surface area (Å²) in [6, 6.07) is 14.9. The summed E-state index contributed by atoms with van der Waals surface area (Å²) >= 11 is 0. The first kappa shape index (κ1) is 27.0. The number of rotatable bonds is 8. The SMILES string of the molecule is CC1(C)OC(O)c2ccc(Nc3cc(N[C@H](CO)c4ccccc4)c(-c4nc(C56CCN(CC5)CC6)no4)cn3)nc21. The predicted octanol–water partition coefficient (Wildman–Crippen LogP) is 4.41. The molecule has 0 radical (unpaired) electrons. The summed E-state index contributed by atoms with van der Waals surface area (Å²) in [4.78, 5) is 16.8. The summed E-state index contributed by atoms with van der Waals surface area (Å²) in [5, 5.41) is 31.8. The predicted molar refractivity (Wildman–Crippen MR) is 156 cm³/mol. The monoisotopic (exact) mass is 569 g/mol. The second-order valence-corrected chi connectivity index (χ2v) is 11.9.